The number of aliphatic carboxylic acids is 1. The molecule has 6 nitrogen and oxygen atoms in total. The number of hydrogen-bond acceptors (Lipinski definition) is 3. The van der Waals surface area contributed by atoms with Crippen molar-refractivity contribution < 1.29 is 45.4 Å². The number of carbonyl (C=O) groups is 2. The van der Waals surface area contributed by atoms with E-state index in [1.54, 1.807) is 6.92 Å². The highest BCUT2D eigenvalue weighted by atomic mass is 19.4. The number of carboxylic acids is 1. The molecular formula is C27H28F7N3O3. The quantitative estimate of drug-likeness (QED) is 0.430. The molecule has 4 rings (SSSR count). The minimum atomic E-state index is -5.02. The van der Waals surface area contributed by atoms with Crippen molar-refractivity contribution in [2.24, 2.45) is 0 Å². The Balaban J connectivity index is 1.63. The fourth-order valence-electron chi connectivity index (χ4n) is 5.74. The fraction of sp³-hybridized carbons (Fsp3) is 0.481. The summed E-state index contributed by atoms with van der Waals surface area (Å²) in [6.07, 6.45) is -8.45. The number of nitrogens with zero attached hydrogens (tertiary/aromatic N) is 2. The molecule has 2 heterocycles. The van der Waals surface area contributed by atoms with E-state index in [2.05, 4.69) is 5.32 Å². The van der Waals surface area contributed by atoms with Crippen molar-refractivity contribution in [1.82, 2.24) is 15.1 Å². The Morgan fingerprint density at radius 1 is 1.05 bits per heavy atom. The second kappa shape index (κ2) is 10.6. The SMILES string of the molecule is Cc1cc(F)ccc1[C@H]1C[C@]2(CC[C@@H](C(=O)O)N2)CCN1C(=O)N(C)Cc1cc(C(F)(F)F)cc(C(F)(F)F)c1. The van der Waals surface area contributed by atoms with Gasteiger partial charge in [-0.2, -0.15) is 26.3 Å². The Morgan fingerprint density at radius 2 is 1.68 bits per heavy atom. The van der Waals surface area contributed by atoms with E-state index in [-0.39, 0.29) is 18.2 Å². The molecule has 2 amide bonds. The van der Waals surface area contributed by atoms with Gasteiger partial charge in [0.2, 0.25) is 0 Å². The highest BCUT2D eigenvalue weighted by Crippen LogP contribution is 2.44. The first kappa shape index (κ1) is 29.6. The van der Waals surface area contributed by atoms with Crippen LogP contribution in [0.15, 0.2) is 36.4 Å². The molecule has 13 heteroatoms. The number of aryl methyl sites for hydroxylation is 1. The normalized spacial score (nSPS) is 23.5. The van der Waals surface area contributed by atoms with Gasteiger partial charge in [0.05, 0.1) is 17.2 Å². The summed E-state index contributed by atoms with van der Waals surface area (Å²) in [7, 11) is 1.28. The van der Waals surface area contributed by atoms with Crippen LogP contribution in [0.25, 0.3) is 0 Å². The van der Waals surface area contributed by atoms with Crippen molar-refractivity contribution in [3.63, 3.8) is 0 Å². The van der Waals surface area contributed by atoms with Gasteiger partial charge in [-0.15, -0.1) is 0 Å². The van der Waals surface area contributed by atoms with Crippen LogP contribution in [0.2, 0.25) is 0 Å². The predicted molar refractivity (Wildman–Crippen MR) is 130 cm³/mol. The summed E-state index contributed by atoms with van der Waals surface area (Å²) >= 11 is 0. The zero-order valence-corrected chi connectivity index (χ0v) is 21.7. The smallest absolute Gasteiger partial charge is 0.416 e. The Kier molecular flexibility index (Phi) is 7.83. The number of nitrogens with one attached hydrogen (secondary N) is 1. The number of piperidine rings is 1. The summed E-state index contributed by atoms with van der Waals surface area (Å²) in [4.78, 5) is 27.7. The minimum absolute atomic E-state index is 0.0295. The van der Waals surface area contributed by atoms with E-state index in [9.17, 15) is 45.4 Å². The number of halogens is 7. The van der Waals surface area contributed by atoms with E-state index in [4.69, 9.17) is 0 Å². The summed E-state index contributed by atoms with van der Waals surface area (Å²) in [5.41, 5.74) is -2.74. The molecule has 2 N–H and O–H groups in total. The average Bonchev–Trinajstić information content (AvgIpc) is 3.26. The molecule has 218 valence electrons. The molecule has 0 bridgehead atoms. The number of likely N-dealkylation sites (tertiary alicyclic amines) is 1. The summed E-state index contributed by atoms with van der Waals surface area (Å²) < 4.78 is 93.8. The number of rotatable bonds is 4. The molecule has 3 atom stereocenters. The molecule has 2 aliphatic rings. The zero-order chi connectivity index (χ0) is 29.6. The van der Waals surface area contributed by atoms with Crippen LogP contribution in [0.5, 0.6) is 0 Å². The maximum absolute atomic E-state index is 13.9. The maximum Gasteiger partial charge on any atom is 0.416 e. The fourth-order valence-corrected chi connectivity index (χ4v) is 5.74. The van der Waals surface area contributed by atoms with Gasteiger partial charge in [0.15, 0.2) is 0 Å². The molecule has 40 heavy (non-hydrogen) atoms. The second-order valence-corrected chi connectivity index (χ2v) is 10.6. The van der Waals surface area contributed by atoms with Crippen molar-refractivity contribution in [2.75, 3.05) is 13.6 Å². The van der Waals surface area contributed by atoms with Crippen molar-refractivity contribution in [3.8, 4) is 0 Å². The number of carboxylic acid groups (broad SMARTS) is 1. The van der Waals surface area contributed by atoms with Crippen molar-refractivity contribution in [2.45, 2.75) is 69.1 Å². The van der Waals surface area contributed by atoms with Gasteiger partial charge in [-0.05, 0) is 79.6 Å². The number of hydrogen-bond donors (Lipinski definition) is 2. The third-order valence-electron chi connectivity index (χ3n) is 7.71. The molecular weight excluding hydrogens is 547 g/mol. The highest BCUT2D eigenvalue weighted by Gasteiger charge is 2.48. The summed E-state index contributed by atoms with van der Waals surface area (Å²) in [5.74, 6) is -1.49. The summed E-state index contributed by atoms with van der Waals surface area (Å²) in [6.45, 7) is 1.28. The molecule has 2 aliphatic heterocycles. The van der Waals surface area contributed by atoms with Crippen molar-refractivity contribution >= 4 is 12.0 Å². The molecule has 2 fully saturated rings. The zero-order valence-electron chi connectivity index (χ0n) is 21.7. The van der Waals surface area contributed by atoms with Crippen molar-refractivity contribution in [3.05, 3.63) is 70.0 Å². The van der Waals surface area contributed by atoms with E-state index in [1.165, 1.54) is 30.1 Å². The number of benzene rings is 2. The Morgan fingerprint density at radius 3 is 2.20 bits per heavy atom. The van der Waals surface area contributed by atoms with Crippen LogP contribution in [0.1, 0.15) is 59.5 Å². The second-order valence-electron chi connectivity index (χ2n) is 10.6. The standard InChI is InChI=1S/C27H28F7N3O3/c1-15-9-19(28)3-4-20(15)22-13-25(6-5-21(35-25)23(38)39)7-8-37(22)24(40)36(2)14-16-10-17(26(29,30)31)12-18(11-16)27(32,33)34/h3-4,9-12,21-22,35H,5-8,13-14H2,1-2H3,(H,38,39)/t21-,22+,25-/m0/s1. The number of urea groups is 1. The van der Waals surface area contributed by atoms with Crippen LogP contribution in [-0.2, 0) is 23.7 Å². The third kappa shape index (κ3) is 6.18. The number of alkyl halides is 6. The first-order chi connectivity index (χ1) is 18.5. The maximum atomic E-state index is 13.9. The van der Waals surface area contributed by atoms with Crippen LogP contribution in [0.3, 0.4) is 0 Å². The molecule has 2 saturated heterocycles. The van der Waals surface area contributed by atoms with Gasteiger partial charge in [-0.25, -0.2) is 9.18 Å². The van der Waals surface area contributed by atoms with Gasteiger partial charge in [-0.1, -0.05) is 6.07 Å². The lowest BCUT2D eigenvalue weighted by atomic mass is 9.79. The van der Waals surface area contributed by atoms with E-state index >= 15 is 0 Å². The summed E-state index contributed by atoms with van der Waals surface area (Å²) in [5, 5.41) is 12.6. The lowest BCUT2D eigenvalue weighted by Gasteiger charge is -2.47. The van der Waals surface area contributed by atoms with Gasteiger partial charge >= 0.3 is 24.4 Å². The predicted octanol–water partition coefficient (Wildman–Crippen LogP) is 6.14. The first-order valence-corrected chi connectivity index (χ1v) is 12.6. The Hall–Kier alpha value is -3.35. The molecule has 0 aliphatic carbocycles. The minimum Gasteiger partial charge on any atom is -0.480 e. The molecule has 1 spiro atoms. The van der Waals surface area contributed by atoms with Crippen molar-refractivity contribution in [1.29, 1.82) is 0 Å². The molecule has 0 radical (unpaired) electrons. The largest absolute Gasteiger partial charge is 0.480 e. The van der Waals surface area contributed by atoms with Crippen LogP contribution >= 0.6 is 0 Å². The topological polar surface area (TPSA) is 72.9 Å². The van der Waals surface area contributed by atoms with Crippen LogP contribution in [0.4, 0.5) is 35.5 Å². The van der Waals surface area contributed by atoms with Crippen LogP contribution in [0, 0.1) is 12.7 Å². The monoisotopic (exact) mass is 575 g/mol. The third-order valence-corrected chi connectivity index (χ3v) is 7.71. The highest BCUT2D eigenvalue weighted by molar-refractivity contribution is 5.76. The lowest BCUT2D eigenvalue weighted by molar-refractivity contribution is -0.143. The molecule has 0 unspecified atom stereocenters. The first-order valence-electron chi connectivity index (χ1n) is 12.6. The molecule has 0 aromatic heterocycles. The molecule has 0 saturated carbocycles. The molecule has 2 aromatic rings. The molecule has 2 aromatic carbocycles. The van der Waals surface area contributed by atoms with E-state index in [0.29, 0.717) is 48.9 Å². The van der Waals surface area contributed by atoms with E-state index in [1.807, 2.05) is 0 Å². The number of carbonyl (C=O) groups excluding carboxylic acids is 1. The van der Waals surface area contributed by atoms with Gasteiger partial charge in [-0.3, -0.25) is 10.1 Å². The Bertz CT molecular complexity index is 1260. The van der Waals surface area contributed by atoms with Gasteiger partial charge < -0.3 is 14.9 Å². The number of amides is 2. The summed E-state index contributed by atoms with van der Waals surface area (Å²) in [6, 6.07) is 3.22. The Labute approximate surface area is 225 Å². The van der Waals surface area contributed by atoms with Crippen LogP contribution in [-0.4, -0.2) is 52.1 Å². The van der Waals surface area contributed by atoms with Crippen LogP contribution < -0.4 is 5.32 Å². The lowest BCUT2D eigenvalue weighted by Crippen LogP contribution is -2.56. The van der Waals surface area contributed by atoms with Gasteiger partial charge in [0, 0.05) is 25.7 Å². The van der Waals surface area contributed by atoms with E-state index < -0.39 is 65.5 Å². The van der Waals surface area contributed by atoms with Gasteiger partial charge in [0.25, 0.3) is 0 Å². The van der Waals surface area contributed by atoms with E-state index in [0.717, 1.165) is 4.90 Å². The average molecular weight is 576 g/mol. The van der Waals surface area contributed by atoms with Gasteiger partial charge in [0.1, 0.15) is 11.9 Å².